The molecule has 0 amide bonds. The smallest absolute Gasteiger partial charge is 0.317 e. The number of hydrogen-bond donors (Lipinski definition) is 2. The summed E-state index contributed by atoms with van der Waals surface area (Å²) in [5.41, 5.74) is 6.05. The normalized spacial score (nSPS) is 14.7. The number of esters is 1. The first kappa shape index (κ1) is 16.7. The minimum Gasteiger partial charge on any atom is -0.468 e. The number of carbonyl (C=O) groups excluding carboxylic acids is 1. The Morgan fingerprint density at radius 2 is 1.90 bits per heavy atom. The van der Waals surface area contributed by atoms with Crippen LogP contribution in [-0.2, 0) is 14.9 Å². The third kappa shape index (κ3) is 3.58. The maximum atomic E-state index is 12.4. The number of carbonyl (C=O) groups is 1. The van der Waals surface area contributed by atoms with E-state index in [1.807, 2.05) is 31.2 Å². The standard InChI is InChI=1S/C16H25NO3/c1-12-7-5-6-8-13(12)16(11-17,14(18)20-4)10-9-15(2,3)19/h5-8,19H,9-11,17H2,1-4H3. The Bertz CT molecular complexity index is 465. The molecule has 0 aliphatic heterocycles. The molecule has 0 bridgehead atoms. The third-order valence-corrected chi connectivity index (χ3v) is 3.75. The van der Waals surface area contributed by atoms with Gasteiger partial charge in [0.25, 0.3) is 0 Å². The highest BCUT2D eigenvalue weighted by atomic mass is 16.5. The summed E-state index contributed by atoms with van der Waals surface area (Å²) in [7, 11) is 1.37. The van der Waals surface area contributed by atoms with Gasteiger partial charge in [0, 0.05) is 6.54 Å². The van der Waals surface area contributed by atoms with Crippen molar-refractivity contribution in [2.45, 2.75) is 44.6 Å². The van der Waals surface area contributed by atoms with E-state index in [1.54, 1.807) is 13.8 Å². The highest BCUT2D eigenvalue weighted by molar-refractivity contribution is 5.84. The molecule has 0 aromatic heterocycles. The number of nitrogens with two attached hydrogens (primary N) is 1. The van der Waals surface area contributed by atoms with E-state index in [9.17, 15) is 9.90 Å². The third-order valence-electron chi connectivity index (χ3n) is 3.75. The SMILES string of the molecule is COC(=O)C(CN)(CCC(C)(C)O)c1ccccc1C. The lowest BCUT2D eigenvalue weighted by Gasteiger charge is -2.33. The summed E-state index contributed by atoms with van der Waals surface area (Å²) in [4.78, 5) is 12.4. The van der Waals surface area contributed by atoms with Gasteiger partial charge in [0.05, 0.1) is 12.7 Å². The Morgan fingerprint density at radius 1 is 1.30 bits per heavy atom. The molecule has 0 aliphatic rings. The van der Waals surface area contributed by atoms with Crippen molar-refractivity contribution in [1.82, 2.24) is 0 Å². The number of hydrogen-bond acceptors (Lipinski definition) is 4. The van der Waals surface area contributed by atoms with Crippen LogP contribution in [0.3, 0.4) is 0 Å². The second-order valence-electron chi connectivity index (χ2n) is 5.91. The first-order valence-electron chi connectivity index (χ1n) is 6.84. The molecule has 0 radical (unpaired) electrons. The van der Waals surface area contributed by atoms with Crippen molar-refractivity contribution < 1.29 is 14.6 Å². The fourth-order valence-electron chi connectivity index (χ4n) is 2.47. The van der Waals surface area contributed by atoms with Crippen LogP contribution in [0.25, 0.3) is 0 Å². The Balaban J connectivity index is 3.26. The Hall–Kier alpha value is -1.39. The molecule has 3 N–H and O–H groups in total. The van der Waals surface area contributed by atoms with Crippen LogP contribution in [0.2, 0.25) is 0 Å². The lowest BCUT2D eigenvalue weighted by atomic mass is 9.73. The molecule has 4 nitrogen and oxygen atoms in total. The maximum Gasteiger partial charge on any atom is 0.317 e. The van der Waals surface area contributed by atoms with Gasteiger partial charge >= 0.3 is 5.97 Å². The molecule has 112 valence electrons. The largest absolute Gasteiger partial charge is 0.468 e. The highest BCUT2D eigenvalue weighted by Gasteiger charge is 2.41. The molecule has 1 aromatic rings. The monoisotopic (exact) mass is 279 g/mol. The van der Waals surface area contributed by atoms with Gasteiger partial charge in [0.2, 0.25) is 0 Å². The number of aliphatic hydroxyl groups is 1. The van der Waals surface area contributed by atoms with Gasteiger partial charge in [0.15, 0.2) is 0 Å². The molecule has 0 heterocycles. The van der Waals surface area contributed by atoms with E-state index in [4.69, 9.17) is 10.5 Å². The van der Waals surface area contributed by atoms with E-state index in [-0.39, 0.29) is 12.5 Å². The average molecular weight is 279 g/mol. The number of benzene rings is 1. The lowest BCUT2D eigenvalue weighted by molar-refractivity contribution is -0.148. The summed E-state index contributed by atoms with van der Waals surface area (Å²) in [6.45, 7) is 5.56. The van der Waals surface area contributed by atoms with Crippen LogP contribution < -0.4 is 5.73 Å². The van der Waals surface area contributed by atoms with Gasteiger partial charge in [-0.3, -0.25) is 4.79 Å². The van der Waals surface area contributed by atoms with Crippen LogP contribution in [0.15, 0.2) is 24.3 Å². The summed E-state index contributed by atoms with van der Waals surface area (Å²) in [5, 5.41) is 9.95. The van der Waals surface area contributed by atoms with Crippen molar-refractivity contribution >= 4 is 5.97 Å². The average Bonchev–Trinajstić information content (AvgIpc) is 2.40. The Labute approximate surface area is 120 Å². The van der Waals surface area contributed by atoms with E-state index >= 15 is 0 Å². The first-order chi connectivity index (χ1) is 9.27. The summed E-state index contributed by atoms with van der Waals surface area (Å²) in [6.07, 6.45) is 0.915. The second-order valence-corrected chi connectivity index (χ2v) is 5.91. The van der Waals surface area contributed by atoms with Gasteiger partial charge in [-0.15, -0.1) is 0 Å². The van der Waals surface area contributed by atoms with E-state index in [0.717, 1.165) is 11.1 Å². The van der Waals surface area contributed by atoms with Gasteiger partial charge in [-0.05, 0) is 44.7 Å². The van der Waals surface area contributed by atoms with Crippen molar-refractivity contribution in [2.75, 3.05) is 13.7 Å². The molecular weight excluding hydrogens is 254 g/mol. The van der Waals surface area contributed by atoms with Crippen LogP contribution in [0.5, 0.6) is 0 Å². The second kappa shape index (κ2) is 6.37. The van der Waals surface area contributed by atoms with Crippen molar-refractivity contribution in [1.29, 1.82) is 0 Å². The molecule has 0 saturated heterocycles. The Morgan fingerprint density at radius 3 is 2.35 bits per heavy atom. The zero-order chi connectivity index (χ0) is 15.4. The zero-order valence-electron chi connectivity index (χ0n) is 12.8. The molecular formula is C16H25NO3. The summed E-state index contributed by atoms with van der Waals surface area (Å²) in [5.74, 6) is -0.349. The quantitative estimate of drug-likeness (QED) is 0.780. The van der Waals surface area contributed by atoms with Gasteiger partial charge in [0.1, 0.15) is 5.41 Å². The minimum atomic E-state index is -0.903. The zero-order valence-corrected chi connectivity index (χ0v) is 12.8. The Kier molecular flexibility index (Phi) is 5.31. The van der Waals surface area contributed by atoms with Crippen molar-refractivity contribution in [3.63, 3.8) is 0 Å². The molecule has 0 aliphatic carbocycles. The van der Waals surface area contributed by atoms with E-state index in [2.05, 4.69) is 0 Å². The molecule has 0 spiro atoms. The molecule has 4 heteroatoms. The molecule has 0 fully saturated rings. The first-order valence-corrected chi connectivity index (χ1v) is 6.84. The van der Waals surface area contributed by atoms with Gasteiger partial charge in [-0.1, -0.05) is 24.3 Å². The van der Waals surface area contributed by atoms with Crippen LogP contribution in [-0.4, -0.2) is 30.3 Å². The fraction of sp³-hybridized carbons (Fsp3) is 0.562. The predicted octanol–water partition coefficient (Wildman–Crippen LogP) is 1.92. The molecule has 1 atom stereocenters. The van der Waals surface area contributed by atoms with Gasteiger partial charge < -0.3 is 15.6 Å². The number of rotatable bonds is 6. The minimum absolute atomic E-state index is 0.153. The van der Waals surface area contributed by atoms with Crippen molar-refractivity contribution in [2.24, 2.45) is 5.73 Å². The number of methoxy groups -OCH3 is 1. The molecule has 1 unspecified atom stereocenters. The number of aryl methyl sites for hydroxylation is 1. The fourth-order valence-corrected chi connectivity index (χ4v) is 2.47. The summed E-state index contributed by atoms with van der Waals surface area (Å²) >= 11 is 0. The molecule has 0 saturated carbocycles. The maximum absolute atomic E-state index is 12.4. The predicted molar refractivity (Wildman–Crippen MR) is 79.5 cm³/mol. The van der Waals surface area contributed by atoms with Crippen LogP contribution in [0, 0.1) is 6.92 Å². The van der Waals surface area contributed by atoms with E-state index in [1.165, 1.54) is 7.11 Å². The van der Waals surface area contributed by atoms with E-state index < -0.39 is 11.0 Å². The molecule has 1 rings (SSSR count). The number of ether oxygens (including phenoxy) is 1. The van der Waals surface area contributed by atoms with E-state index in [0.29, 0.717) is 12.8 Å². The summed E-state index contributed by atoms with van der Waals surface area (Å²) in [6, 6.07) is 7.67. The lowest BCUT2D eigenvalue weighted by Crippen LogP contribution is -2.45. The van der Waals surface area contributed by atoms with Crippen LogP contribution in [0.1, 0.15) is 37.8 Å². The van der Waals surface area contributed by atoms with Gasteiger partial charge in [-0.25, -0.2) is 0 Å². The van der Waals surface area contributed by atoms with Gasteiger partial charge in [-0.2, -0.15) is 0 Å². The molecule has 1 aromatic carbocycles. The van der Waals surface area contributed by atoms with Crippen LogP contribution in [0.4, 0.5) is 0 Å². The topological polar surface area (TPSA) is 72.5 Å². The van der Waals surface area contributed by atoms with Crippen LogP contribution >= 0.6 is 0 Å². The summed E-state index contributed by atoms with van der Waals surface area (Å²) < 4.78 is 4.98. The molecule has 20 heavy (non-hydrogen) atoms. The van der Waals surface area contributed by atoms with Crippen molar-refractivity contribution in [3.8, 4) is 0 Å². The van der Waals surface area contributed by atoms with Crippen molar-refractivity contribution in [3.05, 3.63) is 35.4 Å². The highest BCUT2D eigenvalue weighted by Crippen LogP contribution is 2.34.